The second kappa shape index (κ2) is 7.28. The van der Waals surface area contributed by atoms with Crippen molar-refractivity contribution < 1.29 is 4.79 Å². The summed E-state index contributed by atoms with van der Waals surface area (Å²) in [5, 5.41) is 3.00. The highest BCUT2D eigenvalue weighted by Crippen LogP contribution is 2.37. The first-order valence-corrected chi connectivity index (χ1v) is 9.07. The van der Waals surface area contributed by atoms with E-state index in [1.165, 1.54) is 58.7 Å². The van der Waals surface area contributed by atoms with Crippen LogP contribution in [0.25, 0.3) is 0 Å². The molecule has 2 aliphatic heterocycles. The number of piperazine rings is 1. The molecule has 0 aromatic rings. The number of nitrogens with zero attached hydrogens (tertiary/aromatic N) is 3. The van der Waals surface area contributed by atoms with Crippen LogP contribution in [0.5, 0.6) is 0 Å². The average Bonchev–Trinajstić information content (AvgIpc) is 3.08. The number of carbonyl (C=O) groups is 1. The summed E-state index contributed by atoms with van der Waals surface area (Å²) in [6, 6.07) is 1.86. The lowest BCUT2D eigenvalue weighted by Crippen LogP contribution is -2.49. The monoisotopic (exact) mass is 308 g/mol. The summed E-state index contributed by atoms with van der Waals surface area (Å²) in [5.41, 5.74) is 0. The van der Waals surface area contributed by atoms with Gasteiger partial charge in [-0.15, -0.1) is 0 Å². The summed E-state index contributed by atoms with van der Waals surface area (Å²) in [5.74, 6) is 0.699. The van der Waals surface area contributed by atoms with Crippen LogP contribution in [0.1, 0.15) is 33.1 Å². The fourth-order valence-corrected chi connectivity index (χ4v) is 4.61. The van der Waals surface area contributed by atoms with Gasteiger partial charge in [0.05, 0.1) is 0 Å². The minimum absolute atomic E-state index is 0.447. The number of hydrogen-bond acceptors (Lipinski definition) is 4. The third-order valence-electron chi connectivity index (χ3n) is 5.99. The Labute approximate surface area is 135 Å². The number of piperidine rings is 1. The van der Waals surface area contributed by atoms with Gasteiger partial charge in [0.2, 0.25) is 6.41 Å². The summed E-state index contributed by atoms with van der Waals surface area (Å²) in [6.07, 6.45) is 4.62. The van der Waals surface area contributed by atoms with Gasteiger partial charge in [0.15, 0.2) is 0 Å². The van der Waals surface area contributed by atoms with Crippen LogP contribution in [0.3, 0.4) is 0 Å². The molecule has 0 aromatic heterocycles. The van der Waals surface area contributed by atoms with Gasteiger partial charge >= 0.3 is 0 Å². The molecule has 3 atom stereocenters. The number of fused-ring (bicyclic) bond motifs is 2. The Morgan fingerprint density at radius 3 is 2.50 bits per heavy atom. The maximum absolute atomic E-state index is 10.6. The number of likely N-dealkylation sites (tertiary alicyclic amines) is 1. The molecule has 126 valence electrons. The van der Waals surface area contributed by atoms with E-state index in [-0.39, 0.29) is 0 Å². The van der Waals surface area contributed by atoms with Gasteiger partial charge in [0, 0.05) is 50.8 Å². The molecule has 1 amide bonds. The summed E-state index contributed by atoms with van der Waals surface area (Å²) < 4.78 is 0. The number of hydrogen-bond donors (Lipinski definition) is 1. The maximum Gasteiger partial charge on any atom is 0.207 e. The topological polar surface area (TPSA) is 38.8 Å². The van der Waals surface area contributed by atoms with E-state index in [1.54, 1.807) is 0 Å². The number of carbonyl (C=O) groups excluding carboxylic acids is 1. The van der Waals surface area contributed by atoms with Crippen LogP contribution < -0.4 is 5.32 Å². The highest BCUT2D eigenvalue weighted by atomic mass is 16.1. The first-order chi connectivity index (χ1) is 10.7. The van der Waals surface area contributed by atoms with Crippen molar-refractivity contribution in [2.24, 2.45) is 5.92 Å². The van der Waals surface area contributed by atoms with Crippen LogP contribution in [0.4, 0.5) is 0 Å². The Morgan fingerprint density at radius 1 is 1.14 bits per heavy atom. The number of rotatable bonds is 7. The molecule has 1 saturated carbocycles. The fraction of sp³-hybridized carbons (Fsp3) is 0.941. The molecule has 5 heteroatoms. The number of amides is 1. The maximum atomic E-state index is 10.6. The van der Waals surface area contributed by atoms with Gasteiger partial charge in [-0.2, -0.15) is 0 Å². The molecular formula is C17H32N4O. The second-order valence-corrected chi connectivity index (χ2v) is 7.60. The Morgan fingerprint density at radius 2 is 1.91 bits per heavy atom. The molecule has 2 heterocycles. The minimum Gasteiger partial charge on any atom is -0.356 e. The molecule has 5 nitrogen and oxygen atoms in total. The standard InChI is InChI=1S/C17H32N4O/c1-14(2)20-8-6-19(7-9-20)4-3-5-21-12-15-10-16(21)11-17(15)18-13-22/h13-17H,3-12H2,1-2H3,(H,18,22). The van der Waals surface area contributed by atoms with Crippen LogP contribution in [0.2, 0.25) is 0 Å². The SMILES string of the molecule is CC(C)N1CCN(CCCN2CC3CC2CC3NC=O)CC1. The minimum atomic E-state index is 0.447. The summed E-state index contributed by atoms with van der Waals surface area (Å²) in [4.78, 5) is 18.5. The van der Waals surface area contributed by atoms with Crippen molar-refractivity contribution in [1.29, 1.82) is 0 Å². The van der Waals surface area contributed by atoms with Crippen LogP contribution in [-0.4, -0.2) is 85.0 Å². The molecule has 0 radical (unpaired) electrons. The van der Waals surface area contributed by atoms with Crippen molar-refractivity contribution >= 4 is 6.41 Å². The molecule has 3 fully saturated rings. The van der Waals surface area contributed by atoms with Gasteiger partial charge < -0.3 is 10.2 Å². The summed E-state index contributed by atoms with van der Waals surface area (Å²) in [6.45, 7) is 13.2. The van der Waals surface area contributed by atoms with Crippen molar-refractivity contribution in [1.82, 2.24) is 20.0 Å². The summed E-state index contributed by atoms with van der Waals surface area (Å²) in [7, 11) is 0. The zero-order valence-corrected chi connectivity index (χ0v) is 14.2. The molecule has 22 heavy (non-hydrogen) atoms. The van der Waals surface area contributed by atoms with Gasteiger partial charge in [0.25, 0.3) is 0 Å². The van der Waals surface area contributed by atoms with E-state index in [2.05, 4.69) is 33.9 Å². The average molecular weight is 308 g/mol. The van der Waals surface area contributed by atoms with E-state index in [0.29, 0.717) is 18.0 Å². The van der Waals surface area contributed by atoms with Crippen molar-refractivity contribution in [2.75, 3.05) is 45.8 Å². The smallest absolute Gasteiger partial charge is 0.207 e. The predicted molar refractivity (Wildman–Crippen MR) is 88.8 cm³/mol. The normalized spacial score (nSPS) is 33.7. The first kappa shape index (κ1) is 16.2. The molecular weight excluding hydrogens is 276 g/mol. The molecule has 0 aromatic carbocycles. The Kier molecular flexibility index (Phi) is 5.37. The molecule has 2 saturated heterocycles. The second-order valence-electron chi connectivity index (χ2n) is 7.60. The lowest BCUT2D eigenvalue weighted by atomic mass is 10.0. The highest BCUT2D eigenvalue weighted by Gasteiger charge is 2.43. The van der Waals surface area contributed by atoms with Gasteiger partial charge in [-0.3, -0.25) is 14.6 Å². The quantitative estimate of drug-likeness (QED) is 0.700. The van der Waals surface area contributed by atoms with Gasteiger partial charge in [0.1, 0.15) is 0 Å². The van der Waals surface area contributed by atoms with Crippen LogP contribution >= 0.6 is 0 Å². The van der Waals surface area contributed by atoms with E-state index >= 15 is 0 Å². The van der Waals surface area contributed by atoms with E-state index in [9.17, 15) is 4.79 Å². The fourth-order valence-electron chi connectivity index (χ4n) is 4.61. The van der Waals surface area contributed by atoms with Gasteiger partial charge in [-0.1, -0.05) is 0 Å². The van der Waals surface area contributed by atoms with Crippen LogP contribution in [-0.2, 0) is 4.79 Å². The molecule has 3 unspecified atom stereocenters. The van der Waals surface area contributed by atoms with E-state index < -0.39 is 0 Å². The van der Waals surface area contributed by atoms with Crippen LogP contribution in [0.15, 0.2) is 0 Å². The van der Waals surface area contributed by atoms with Gasteiger partial charge in [-0.25, -0.2) is 0 Å². The lowest BCUT2D eigenvalue weighted by molar-refractivity contribution is -0.110. The predicted octanol–water partition coefficient (Wildman–Crippen LogP) is 0.611. The van der Waals surface area contributed by atoms with E-state index in [4.69, 9.17) is 0 Å². The Hall–Kier alpha value is -0.650. The largest absolute Gasteiger partial charge is 0.356 e. The Balaban J connectivity index is 1.32. The van der Waals surface area contributed by atoms with E-state index in [1.807, 2.05) is 0 Å². The third kappa shape index (κ3) is 3.63. The molecule has 3 rings (SSSR count). The first-order valence-electron chi connectivity index (χ1n) is 9.07. The molecule has 3 aliphatic rings. The zero-order valence-electron chi connectivity index (χ0n) is 14.2. The van der Waals surface area contributed by atoms with Crippen LogP contribution in [0, 0.1) is 5.92 Å². The Bertz CT molecular complexity index is 368. The molecule has 2 bridgehead atoms. The summed E-state index contributed by atoms with van der Waals surface area (Å²) >= 11 is 0. The lowest BCUT2D eigenvalue weighted by Gasteiger charge is -2.37. The zero-order chi connectivity index (χ0) is 15.5. The van der Waals surface area contributed by atoms with Crippen molar-refractivity contribution in [3.8, 4) is 0 Å². The van der Waals surface area contributed by atoms with E-state index in [0.717, 1.165) is 18.9 Å². The highest BCUT2D eigenvalue weighted by molar-refractivity contribution is 5.47. The molecule has 0 spiro atoms. The van der Waals surface area contributed by atoms with Gasteiger partial charge in [-0.05, 0) is 52.1 Å². The third-order valence-corrected chi connectivity index (χ3v) is 5.99. The number of nitrogens with one attached hydrogen (secondary N) is 1. The molecule has 1 N–H and O–H groups in total. The van der Waals surface area contributed by atoms with Crippen molar-refractivity contribution in [3.63, 3.8) is 0 Å². The molecule has 1 aliphatic carbocycles. The van der Waals surface area contributed by atoms with Crippen molar-refractivity contribution in [3.05, 3.63) is 0 Å². The van der Waals surface area contributed by atoms with Crippen molar-refractivity contribution in [2.45, 2.75) is 51.2 Å².